The summed E-state index contributed by atoms with van der Waals surface area (Å²) in [6.07, 6.45) is 0. The SMILES string of the molecule is CC(C)NCc1csc(-c2ccc(F)c3ccccc23)n1. The number of benzene rings is 2. The smallest absolute Gasteiger partial charge is 0.131 e. The van der Waals surface area contributed by atoms with E-state index in [-0.39, 0.29) is 5.82 Å². The van der Waals surface area contributed by atoms with Crippen LogP contribution >= 0.6 is 11.3 Å². The molecular weight excluding hydrogens is 283 g/mol. The lowest BCUT2D eigenvalue weighted by Gasteiger charge is -2.06. The van der Waals surface area contributed by atoms with E-state index >= 15 is 0 Å². The molecule has 0 saturated carbocycles. The third kappa shape index (κ3) is 2.96. The van der Waals surface area contributed by atoms with Gasteiger partial charge in [-0.25, -0.2) is 9.37 Å². The molecule has 2 aromatic carbocycles. The maximum Gasteiger partial charge on any atom is 0.131 e. The Bertz CT molecular complexity index is 764. The van der Waals surface area contributed by atoms with Crippen LogP contribution in [0.2, 0.25) is 0 Å². The fourth-order valence-corrected chi connectivity index (χ4v) is 3.13. The summed E-state index contributed by atoms with van der Waals surface area (Å²) in [6, 6.07) is 11.3. The fraction of sp³-hybridized carbons (Fsp3) is 0.235. The number of hydrogen-bond donors (Lipinski definition) is 1. The van der Waals surface area contributed by atoms with Crippen molar-refractivity contribution in [2.45, 2.75) is 26.4 Å². The van der Waals surface area contributed by atoms with E-state index < -0.39 is 0 Å². The van der Waals surface area contributed by atoms with Crippen LogP contribution in [0.3, 0.4) is 0 Å². The van der Waals surface area contributed by atoms with Crippen LogP contribution in [0.4, 0.5) is 4.39 Å². The van der Waals surface area contributed by atoms with Crippen molar-refractivity contribution in [2.75, 3.05) is 0 Å². The predicted molar refractivity (Wildman–Crippen MR) is 87.0 cm³/mol. The number of nitrogens with zero attached hydrogens (tertiary/aromatic N) is 1. The molecule has 2 nitrogen and oxygen atoms in total. The molecule has 3 aromatic rings. The van der Waals surface area contributed by atoms with Crippen LogP contribution in [0, 0.1) is 5.82 Å². The molecule has 0 fully saturated rings. The third-order valence-electron chi connectivity index (χ3n) is 3.34. The summed E-state index contributed by atoms with van der Waals surface area (Å²) in [5.74, 6) is -0.187. The Balaban J connectivity index is 1.99. The molecule has 0 saturated heterocycles. The first kappa shape index (κ1) is 14.2. The summed E-state index contributed by atoms with van der Waals surface area (Å²) in [7, 11) is 0. The van der Waals surface area contributed by atoms with Crippen LogP contribution in [-0.2, 0) is 6.54 Å². The highest BCUT2D eigenvalue weighted by molar-refractivity contribution is 7.13. The highest BCUT2D eigenvalue weighted by atomic mass is 32.1. The number of fused-ring (bicyclic) bond motifs is 1. The summed E-state index contributed by atoms with van der Waals surface area (Å²) in [5.41, 5.74) is 2.02. The zero-order chi connectivity index (χ0) is 14.8. The number of aromatic nitrogens is 1. The van der Waals surface area contributed by atoms with Crippen molar-refractivity contribution >= 4 is 22.1 Å². The zero-order valence-electron chi connectivity index (χ0n) is 12.1. The number of thiazole rings is 1. The van der Waals surface area contributed by atoms with E-state index in [4.69, 9.17) is 0 Å². The Morgan fingerprint density at radius 1 is 1.14 bits per heavy atom. The molecule has 0 bridgehead atoms. The van der Waals surface area contributed by atoms with E-state index in [1.807, 2.05) is 30.3 Å². The van der Waals surface area contributed by atoms with Gasteiger partial charge in [0.1, 0.15) is 10.8 Å². The van der Waals surface area contributed by atoms with Gasteiger partial charge in [-0.2, -0.15) is 0 Å². The van der Waals surface area contributed by atoms with Gasteiger partial charge in [0.2, 0.25) is 0 Å². The molecular formula is C17H17FN2S. The van der Waals surface area contributed by atoms with Crippen molar-refractivity contribution in [3.05, 3.63) is 53.3 Å². The lowest BCUT2D eigenvalue weighted by Crippen LogP contribution is -2.21. The van der Waals surface area contributed by atoms with Crippen LogP contribution in [0.15, 0.2) is 41.8 Å². The van der Waals surface area contributed by atoms with Gasteiger partial charge in [0.25, 0.3) is 0 Å². The first-order chi connectivity index (χ1) is 10.1. The molecule has 0 amide bonds. The molecule has 0 aliphatic heterocycles. The number of rotatable bonds is 4. The summed E-state index contributed by atoms with van der Waals surface area (Å²) in [6.45, 7) is 4.98. The van der Waals surface area contributed by atoms with Gasteiger partial charge >= 0.3 is 0 Å². The first-order valence-corrected chi connectivity index (χ1v) is 7.88. The van der Waals surface area contributed by atoms with E-state index in [1.165, 1.54) is 6.07 Å². The second kappa shape index (κ2) is 5.92. The number of halogens is 1. The molecule has 0 aliphatic carbocycles. The highest BCUT2D eigenvalue weighted by Gasteiger charge is 2.11. The minimum atomic E-state index is -0.187. The Labute approximate surface area is 127 Å². The lowest BCUT2D eigenvalue weighted by molar-refractivity contribution is 0.583. The molecule has 0 atom stereocenters. The molecule has 0 aliphatic rings. The zero-order valence-corrected chi connectivity index (χ0v) is 12.9. The standard InChI is InChI=1S/C17H17FN2S/c1-11(2)19-9-12-10-21-17(20-12)15-7-8-16(18)14-6-4-3-5-13(14)15/h3-8,10-11,19H,9H2,1-2H3. The second-order valence-electron chi connectivity index (χ2n) is 5.32. The van der Waals surface area contributed by atoms with Crippen molar-refractivity contribution in [3.8, 4) is 10.6 Å². The van der Waals surface area contributed by atoms with Crippen molar-refractivity contribution < 1.29 is 4.39 Å². The van der Waals surface area contributed by atoms with Gasteiger partial charge < -0.3 is 5.32 Å². The Morgan fingerprint density at radius 3 is 2.67 bits per heavy atom. The van der Waals surface area contributed by atoms with Crippen molar-refractivity contribution in [2.24, 2.45) is 0 Å². The summed E-state index contributed by atoms with van der Waals surface area (Å²) < 4.78 is 13.9. The van der Waals surface area contributed by atoms with Crippen LogP contribution < -0.4 is 5.32 Å². The largest absolute Gasteiger partial charge is 0.309 e. The van der Waals surface area contributed by atoms with E-state index in [1.54, 1.807) is 11.3 Å². The Morgan fingerprint density at radius 2 is 1.90 bits per heavy atom. The van der Waals surface area contributed by atoms with Gasteiger partial charge in [-0.3, -0.25) is 0 Å². The van der Waals surface area contributed by atoms with Crippen molar-refractivity contribution in [1.82, 2.24) is 10.3 Å². The Kier molecular flexibility index (Phi) is 3.99. The summed E-state index contributed by atoms with van der Waals surface area (Å²) in [4.78, 5) is 4.67. The van der Waals surface area contributed by atoms with Crippen molar-refractivity contribution in [1.29, 1.82) is 0 Å². The number of nitrogens with one attached hydrogen (secondary N) is 1. The van der Waals surface area contributed by atoms with E-state index in [0.29, 0.717) is 11.4 Å². The van der Waals surface area contributed by atoms with E-state index in [0.717, 1.165) is 28.2 Å². The van der Waals surface area contributed by atoms with Crippen LogP contribution in [0.25, 0.3) is 21.3 Å². The van der Waals surface area contributed by atoms with Crippen LogP contribution in [0.5, 0.6) is 0 Å². The van der Waals surface area contributed by atoms with Gasteiger partial charge in [-0.15, -0.1) is 11.3 Å². The predicted octanol–water partition coefficient (Wildman–Crippen LogP) is 4.60. The molecule has 4 heteroatoms. The third-order valence-corrected chi connectivity index (χ3v) is 4.27. The van der Waals surface area contributed by atoms with Gasteiger partial charge in [-0.05, 0) is 17.5 Å². The second-order valence-corrected chi connectivity index (χ2v) is 6.18. The Hall–Kier alpha value is -1.78. The maximum atomic E-state index is 13.9. The average molecular weight is 300 g/mol. The fourth-order valence-electron chi connectivity index (χ4n) is 2.27. The van der Waals surface area contributed by atoms with Gasteiger partial charge in [0, 0.05) is 28.9 Å². The van der Waals surface area contributed by atoms with Crippen LogP contribution in [0.1, 0.15) is 19.5 Å². The van der Waals surface area contributed by atoms with E-state index in [2.05, 4.69) is 29.5 Å². The van der Waals surface area contributed by atoms with Gasteiger partial charge in [0.05, 0.1) is 5.69 Å². The minimum Gasteiger partial charge on any atom is -0.309 e. The normalized spacial score (nSPS) is 11.4. The molecule has 0 unspecified atom stereocenters. The van der Waals surface area contributed by atoms with Crippen molar-refractivity contribution in [3.63, 3.8) is 0 Å². The molecule has 1 heterocycles. The first-order valence-electron chi connectivity index (χ1n) is 7.00. The van der Waals surface area contributed by atoms with E-state index in [9.17, 15) is 4.39 Å². The van der Waals surface area contributed by atoms with Gasteiger partial charge in [0.15, 0.2) is 0 Å². The monoisotopic (exact) mass is 300 g/mol. The molecule has 21 heavy (non-hydrogen) atoms. The lowest BCUT2D eigenvalue weighted by atomic mass is 10.0. The topological polar surface area (TPSA) is 24.9 Å². The molecule has 3 rings (SSSR count). The molecule has 0 radical (unpaired) electrons. The summed E-state index contributed by atoms with van der Waals surface area (Å²) in [5, 5.41) is 7.91. The quantitative estimate of drug-likeness (QED) is 0.761. The molecule has 108 valence electrons. The molecule has 1 N–H and O–H groups in total. The highest BCUT2D eigenvalue weighted by Crippen LogP contribution is 2.32. The maximum absolute atomic E-state index is 13.9. The minimum absolute atomic E-state index is 0.187. The number of hydrogen-bond acceptors (Lipinski definition) is 3. The summed E-state index contributed by atoms with van der Waals surface area (Å²) >= 11 is 1.60. The van der Waals surface area contributed by atoms with Crippen LogP contribution in [-0.4, -0.2) is 11.0 Å². The molecule has 0 spiro atoms. The molecule has 1 aromatic heterocycles. The average Bonchev–Trinajstić information content (AvgIpc) is 2.94. The van der Waals surface area contributed by atoms with Gasteiger partial charge in [-0.1, -0.05) is 38.1 Å².